The Morgan fingerprint density at radius 2 is 1.13 bits per heavy atom. The number of carboxylic acids is 2. The van der Waals surface area contributed by atoms with Gasteiger partial charge in [-0.1, -0.05) is 27.0 Å². The van der Waals surface area contributed by atoms with Crippen molar-refractivity contribution in [3.05, 3.63) is 24.3 Å². The van der Waals surface area contributed by atoms with Crippen molar-refractivity contribution in [1.29, 1.82) is 0 Å². The molecule has 4 nitrogen and oxygen atoms in total. The van der Waals surface area contributed by atoms with Crippen LogP contribution >= 0.6 is 0 Å². The summed E-state index contributed by atoms with van der Waals surface area (Å²) in [5.74, 6) is -2.30. The number of carbonyl (C=O) groups excluding carboxylic acids is 2. The summed E-state index contributed by atoms with van der Waals surface area (Å²) in [6.45, 7) is 9.86. The van der Waals surface area contributed by atoms with Gasteiger partial charge in [0, 0.05) is 0 Å². The average Bonchev–Trinajstić information content (AvgIpc) is 2.15. The maximum atomic E-state index is 9.72. The van der Waals surface area contributed by atoms with Crippen LogP contribution in [0.3, 0.4) is 0 Å². The first-order valence-corrected chi connectivity index (χ1v) is 4.14. The van der Waals surface area contributed by atoms with Crippen LogP contribution in [0.25, 0.3) is 0 Å². The zero-order valence-corrected chi connectivity index (χ0v) is 11.4. The molecule has 0 aliphatic carbocycles. The van der Waals surface area contributed by atoms with Gasteiger partial charge in [0.15, 0.2) is 0 Å². The minimum Gasteiger partial charge on any atom is -0.545 e. The summed E-state index contributed by atoms with van der Waals surface area (Å²) in [6, 6.07) is 0. The molecule has 0 aromatic heterocycles. The van der Waals surface area contributed by atoms with E-state index in [9.17, 15) is 19.8 Å². The van der Waals surface area contributed by atoms with E-state index < -0.39 is 11.9 Å². The second-order valence-electron chi connectivity index (χ2n) is 2.49. The number of hydrogen-bond donors (Lipinski definition) is 0. The quantitative estimate of drug-likeness (QED) is 0.466. The first-order chi connectivity index (χ1) is 6.36. The Balaban J connectivity index is -0.000000180. The van der Waals surface area contributed by atoms with Crippen molar-refractivity contribution in [2.24, 2.45) is 0 Å². The van der Waals surface area contributed by atoms with Crippen molar-refractivity contribution >= 4 is 49.7 Å². The maximum Gasteiger partial charge on any atom is 2.00 e. The fraction of sp³-hybridized carbons (Fsp3) is 0.400. The fourth-order valence-electron chi connectivity index (χ4n) is 0.289. The van der Waals surface area contributed by atoms with Gasteiger partial charge in [-0.2, -0.15) is 0 Å². The van der Waals surface area contributed by atoms with Crippen LogP contribution in [-0.2, 0) is 9.59 Å². The van der Waals surface area contributed by atoms with Crippen LogP contribution in [0.4, 0.5) is 0 Å². The Bertz CT molecular complexity index is 220. The van der Waals surface area contributed by atoms with Crippen molar-refractivity contribution < 1.29 is 19.8 Å². The fourth-order valence-corrected chi connectivity index (χ4v) is 0.289. The molecule has 80 valence electrons. The first-order valence-electron chi connectivity index (χ1n) is 4.14. The van der Waals surface area contributed by atoms with Gasteiger partial charge in [-0.15, -0.1) is 0 Å². The minimum atomic E-state index is -1.15. The van der Waals surface area contributed by atoms with Gasteiger partial charge in [-0.3, -0.25) is 0 Å². The molecule has 0 aliphatic rings. The predicted octanol–water partition coefficient (Wildman–Crippen LogP) is -0.976. The number of hydrogen-bond acceptors (Lipinski definition) is 4. The van der Waals surface area contributed by atoms with Gasteiger partial charge in [-0.25, -0.2) is 0 Å². The Labute approximate surface area is 120 Å². The van der Waals surface area contributed by atoms with Crippen molar-refractivity contribution in [2.75, 3.05) is 0 Å². The van der Waals surface area contributed by atoms with Gasteiger partial charge in [0.05, 0.1) is 11.9 Å². The molecule has 0 aliphatic heterocycles. The zero-order valence-electron chi connectivity index (χ0n) is 9.17. The summed E-state index contributed by atoms with van der Waals surface area (Å²) in [6.07, 6.45) is 0.921. The van der Waals surface area contributed by atoms with Gasteiger partial charge < -0.3 is 19.8 Å². The van der Waals surface area contributed by atoms with E-state index in [1.54, 1.807) is 13.8 Å². The van der Waals surface area contributed by atoms with Gasteiger partial charge >= 0.3 is 37.7 Å². The van der Waals surface area contributed by atoms with Crippen LogP contribution in [0.1, 0.15) is 26.7 Å². The van der Waals surface area contributed by atoms with Gasteiger partial charge in [0.2, 0.25) is 0 Å². The van der Waals surface area contributed by atoms with E-state index in [0.29, 0.717) is 12.8 Å². The zero-order chi connectivity index (χ0) is 11.7. The molecule has 0 aromatic carbocycles. The van der Waals surface area contributed by atoms with Gasteiger partial charge in [0.1, 0.15) is 0 Å². The van der Waals surface area contributed by atoms with E-state index in [1.165, 1.54) is 0 Å². The smallest absolute Gasteiger partial charge is 0.545 e. The molecule has 0 radical (unpaired) electrons. The summed E-state index contributed by atoms with van der Waals surface area (Å²) in [5, 5.41) is 19.4. The SMILES string of the molecule is C=C(CC)C(=O)[O-].C=C(CC)C(=O)[O-].[Ca+2]. The van der Waals surface area contributed by atoms with Crippen molar-refractivity contribution in [3.63, 3.8) is 0 Å². The van der Waals surface area contributed by atoms with Crippen LogP contribution in [-0.4, -0.2) is 49.7 Å². The van der Waals surface area contributed by atoms with Crippen LogP contribution < -0.4 is 10.2 Å². The molecule has 0 N–H and O–H groups in total. The molecule has 0 saturated heterocycles. The molecule has 0 bridgehead atoms. The number of aliphatic carboxylic acids is 2. The predicted molar refractivity (Wildman–Crippen MR) is 54.6 cm³/mol. The second kappa shape index (κ2) is 11.8. The van der Waals surface area contributed by atoms with E-state index in [2.05, 4.69) is 13.2 Å². The molecule has 0 saturated carbocycles. The molecule has 0 atom stereocenters. The molecule has 0 heterocycles. The Morgan fingerprint density at radius 1 is 0.933 bits per heavy atom. The number of carboxylic acid groups (broad SMARTS) is 2. The van der Waals surface area contributed by atoms with E-state index in [4.69, 9.17) is 0 Å². The third kappa shape index (κ3) is 13.7. The molecule has 0 aromatic rings. The summed E-state index contributed by atoms with van der Waals surface area (Å²) in [5.41, 5.74) is 0.306. The van der Waals surface area contributed by atoms with Crippen LogP contribution in [0.15, 0.2) is 24.3 Å². The molecular weight excluding hydrogens is 224 g/mol. The summed E-state index contributed by atoms with van der Waals surface area (Å²) < 4.78 is 0. The molecule has 0 unspecified atom stereocenters. The van der Waals surface area contributed by atoms with Crippen molar-refractivity contribution in [3.8, 4) is 0 Å². The van der Waals surface area contributed by atoms with E-state index >= 15 is 0 Å². The molecule has 0 amide bonds. The molecular formula is C10H14CaO4. The van der Waals surface area contributed by atoms with Crippen molar-refractivity contribution in [2.45, 2.75) is 26.7 Å². The van der Waals surface area contributed by atoms with Gasteiger partial charge in [0.25, 0.3) is 0 Å². The normalized spacial score (nSPS) is 7.60. The maximum absolute atomic E-state index is 9.72. The Kier molecular flexibility index (Phi) is 15.8. The number of rotatable bonds is 4. The third-order valence-corrected chi connectivity index (χ3v) is 1.43. The first kappa shape index (κ1) is 20.1. The summed E-state index contributed by atoms with van der Waals surface area (Å²) in [4.78, 5) is 19.4. The Hall–Kier alpha value is -0.320. The number of carbonyl (C=O) groups is 2. The van der Waals surface area contributed by atoms with Crippen LogP contribution in [0.5, 0.6) is 0 Å². The van der Waals surface area contributed by atoms with E-state index in [1.807, 2.05) is 0 Å². The van der Waals surface area contributed by atoms with E-state index in [-0.39, 0.29) is 48.9 Å². The average molecular weight is 238 g/mol. The monoisotopic (exact) mass is 238 g/mol. The molecule has 0 fully saturated rings. The second-order valence-corrected chi connectivity index (χ2v) is 2.49. The largest absolute Gasteiger partial charge is 2.00 e. The van der Waals surface area contributed by atoms with Crippen LogP contribution in [0.2, 0.25) is 0 Å². The van der Waals surface area contributed by atoms with Crippen LogP contribution in [0, 0.1) is 0 Å². The Morgan fingerprint density at radius 3 is 1.13 bits per heavy atom. The topological polar surface area (TPSA) is 80.3 Å². The molecule has 5 heteroatoms. The third-order valence-electron chi connectivity index (χ3n) is 1.43. The van der Waals surface area contributed by atoms with Gasteiger partial charge in [-0.05, 0) is 24.0 Å². The molecule has 15 heavy (non-hydrogen) atoms. The standard InChI is InChI=1S/2C5H8O2.Ca/c2*1-3-4(2)5(6)7;/h2*2-3H2,1H3,(H,6,7);/q;;+2/p-2. The van der Waals surface area contributed by atoms with E-state index in [0.717, 1.165) is 0 Å². The summed E-state index contributed by atoms with van der Waals surface area (Å²) >= 11 is 0. The molecule has 0 rings (SSSR count). The molecule has 0 spiro atoms. The summed E-state index contributed by atoms with van der Waals surface area (Å²) in [7, 11) is 0. The minimum absolute atomic E-state index is 0. The van der Waals surface area contributed by atoms with Crippen molar-refractivity contribution in [1.82, 2.24) is 0 Å².